The Morgan fingerprint density at radius 2 is 1.62 bits per heavy atom. The molecule has 0 fully saturated rings. The van der Waals surface area contributed by atoms with Crippen LogP contribution in [0.3, 0.4) is 0 Å². The minimum Gasteiger partial charge on any atom is -0.0671 e. The van der Waals surface area contributed by atoms with Gasteiger partial charge in [0.1, 0.15) is 0 Å². The van der Waals surface area contributed by atoms with Gasteiger partial charge < -0.3 is 0 Å². The summed E-state index contributed by atoms with van der Waals surface area (Å²) in [6, 6.07) is 6.62. The molecule has 0 heterocycles. The summed E-state index contributed by atoms with van der Waals surface area (Å²) in [6.45, 7) is 9.44. The molecule has 0 unspecified atom stereocenters. The molecule has 0 atom stereocenters. The minimum atomic E-state index is -0.338. The maximum absolute atomic E-state index is 3.66. The van der Waals surface area contributed by atoms with Crippen molar-refractivity contribution in [1.29, 1.82) is 0 Å². The highest BCUT2D eigenvalue weighted by molar-refractivity contribution is 9.10. The molecule has 0 saturated heterocycles. The van der Waals surface area contributed by atoms with Gasteiger partial charge in [-0.25, -0.2) is 0 Å². The van der Waals surface area contributed by atoms with E-state index < -0.39 is 0 Å². The Hall–Kier alpha value is 0.134. The topological polar surface area (TPSA) is 0 Å². The summed E-state index contributed by atoms with van der Waals surface area (Å²) in [5.41, 5.74) is 0. The summed E-state index contributed by atoms with van der Waals surface area (Å²) in [4.78, 5) is 0. The van der Waals surface area contributed by atoms with Crippen LogP contribution in [-0.4, -0.2) is 17.6 Å². The smallest absolute Gasteiger partial charge is 0.0671 e. The van der Waals surface area contributed by atoms with Gasteiger partial charge in [-0.15, -0.1) is 0 Å². The molecule has 1 aromatic rings. The molecule has 70 valence electrons. The first-order chi connectivity index (χ1) is 6.04. The Balaban J connectivity index is 3.26. The summed E-state index contributed by atoms with van der Waals surface area (Å²) >= 11 is 3.66. The fraction of sp³-hybridized carbons (Fsp3) is 0.400. The lowest BCUT2D eigenvalue weighted by atomic mass is 10.4. The van der Waals surface area contributed by atoms with Crippen molar-refractivity contribution in [2.24, 2.45) is 0 Å². The molecular formula is C10H15BrSi2. The molecule has 0 spiro atoms. The molecule has 3 heteroatoms. The Morgan fingerprint density at radius 1 is 1.00 bits per heavy atom. The molecular weight excluding hydrogens is 256 g/mol. The number of halogens is 1. The van der Waals surface area contributed by atoms with Crippen LogP contribution in [0, 0.1) is 0 Å². The molecule has 0 saturated carbocycles. The van der Waals surface area contributed by atoms with Gasteiger partial charge in [0.05, 0.1) is 17.6 Å². The Bertz CT molecular complexity index is 295. The van der Waals surface area contributed by atoms with Gasteiger partial charge in [0.25, 0.3) is 0 Å². The van der Waals surface area contributed by atoms with Crippen molar-refractivity contribution in [3.63, 3.8) is 0 Å². The highest BCUT2D eigenvalue weighted by Gasteiger charge is 2.13. The third-order valence-corrected chi connectivity index (χ3v) is 6.36. The average molecular weight is 271 g/mol. The van der Waals surface area contributed by atoms with E-state index in [0.29, 0.717) is 0 Å². The molecule has 1 aromatic carbocycles. The first kappa shape index (κ1) is 11.2. The third kappa shape index (κ3) is 2.54. The van der Waals surface area contributed by atoms with Gasteiger partial charge in [0, 0.05) is 4.47 Å². The minimum absolute atomic E-state index is 0.313. The molecule has 0 amide bonds. The van der Waals surface area contributed by atoms with Crippen LogP contribution < -0.4 is 10.4 Å². The van der Waals surface area contributed by atoms with Crippen molar-refractivity contribution in [2.45, 2.75) is 26.2 Å². The number of hydrogen-bond acceptors (Lipinski definition) is 0. The monoisotopic (exact) mass is 270 g/mol. The van der Waals surface area contributed by atoms with E-state index in [0.717, 1.165) is 0 Å². The largest absolute Gasteiger partial charge is 0.0805 e. The summed E-state index contributed by atoms with van der Waals surface area (Å²) in [7, 11) is -0.651. The second-order valence-electron chi connectivity index (χ2n) is 3.66. The number of benzene rings is 1. The third-order valence-electron chi connectivity index (χ3n) is 2.05. The molecule has 0 aliphatic carbocycles. The quantitative estimate of drug-likeness (QED) is 0.724. The summed E-state index contributed by atoms with van der Waals surface area (Å²) in [6.07, 6.45) is 0. The van der Waals surface area contributed by atoms with E-state index in [9.17, 15) is 0 Å². The standard InChI is InChI=1S/C10H15BrSi2/c1-12(2)9-7-5-6-8(11)10(9)13(3)4/h5-7H,1-4H3. The van der Waals surface area contributed by atoms with Crippen LogP contribution >= 0.6 is 15.9 Å². The number of hydrogen-bond donors (Lipinski definition) is 0. The normalized spacial score (nSPS) is 11.3. The van der Waals surface area contributed by atoms with Gasteiger partial charge in [-0.2, -0.15) is 0 Å². The molecule has 13 heavy (non-hydrogen) atoms. The van der Waals surface area contributed by atoms with Crippen LogP contribution in [0.5, 0.6) is 0 Å². The Labute approximate surface area is 92.7 Å². The van der Waals surface area contributed by atoms with Crippen LogP contribution in [0.25, 0.3) is 0 Å². The Morgan fingerprint density at radius 3 is 2.00 bits per heavy atom. The Kier molecular flexibility index (Phi) is 3.94. The predicted molar refractivity (Wildman–Crippen MR) is 68.4 cm³/mol. The van der Waals surface area contributed by atoms with E-state index in [-0.39, 0.29) is 17.6 Å². The van der Waals surface area contributed by atoms with Crippen LogP contribution in [0.1, 0.15) is 0 Å². The highest BCUT2D eigenvalue weighted by Crippen LogP contribution is 2.06. The van der Waals surface area contributed by atoms with Crippen LogP contribution in [0.15, 0.2) is 22.7 Å². The van der Waals surface area contributed by atoms with Crippen molar-refractivity contribution in [1.82, 2.24) is 0 Å². The fourth-order valence-corrected chi connectivity index (χ4v) is 6.93. The molecule has 1 rings (SSSR count). The summed E-state index contributed by atoms with van der Waals surface area (Å²) in [5, 5.41) is 3.21. The van der Waals surface area contributed by atoms with E-state index in [4.69, 9.17) is 0 Å². The van der Waals surface area contributed by atoms with Gasteiger partial charge in [-0.05, 0) is 11.3 Å². The average Bonchev–Trinajstić information content (AvgIpc) is 2.02. The van der Waals surface area contributed by atoms with E-state index in [1.807, 2.05) is 0 Å². The lowest BCUT2D eigenvalue weighted by Gasteiger charge is -2.15. The summed E-state index contributed by atoms with van der Waals surface area (Å²) in [5.74, 6) is 0. The van der Waals surface area contributed by atoms with Crippen LogP contribution in [-0.2, 0) is 0 Å². The van der Waals surface area contributed by atoms with Crippen molar-refractivity contribution in [2.75, 3.05) is 0 Å². The molecule has 2 radical (unpaired) electrons. The molecule has 0 bridgehead atoms. The van der Waals surface area contributed by atoms with Gasteiger partial charge in [0.15, 0.2) is 0 Å². The van der Waals surface area contributed by atoms with Gasteiger partial charge >= 0.3 is 0 Å². The first-order valence-electron chi connectivity index (χ1n) is 4.43. The maximum Gasteiger partial charge on any atom is 0.0805 e. The second-order valence-corrected chi connectivity index (χ2v) is 9.56. The molecule has 0 aliphatic rings. The molecule has 0 N–H and O–H groups in total. The van der Waals surface area contributed by atoms with Gasteiger partial charge in [-0.3, -0.25) is 0 Å². The van der Waals surface area contributed by atoms with Crippen LogP contribution in [0.2, 0.25) is 26.2 Å². The van der Waals surface area contributed by atoms with Crippen LogP contribution in [0.4, 0.5) is 0 Å². The predicted octanol–water partition coefficient (Wildman–Crippen LogP) is 2.37. The van der Waals surface area contributed by atoms with Gasteiger partial charge in [-0.1, -0.05) is 59.4 Å². The van der Waals surface area contributed by atoms with Crippen molar-refractivity contribution in [3.05, 3.63) is 22.7 Å². The van der Waals surface area contributed by atoms with Gasteiger partial charge in [0.2, 0.25) is 0 Å². The SMILES string of the molecule is C[Si](C)c1cccc(Br)c1[Si](C)C. The van der Waals surface area contributed by atoms with Crippen molar-refractivity contribution < 1.29 is 0 Å². The lowest BCUT2D eigenvalue weighted by molar-refractivity contribution is 1.71. The van der Waals surface area contributed by atoms with E-state index in [1.54, 1.807) is 10.4 Å². The lowest BCUT2D eigenvalue weighted by Crippen LogP contribution is -2.44. The zero-order valence-corrected chi connectivity index (χ0v) is 12.2. The highest BCUT2D eigenvalue weighted by atomic mass is 79.9. The van der Waals surface area contributed by atoms with E-state index in [2.05, 4.69) is 60.3 Å². The fourth-order valence-electron chi connectivity index (χ4n) is 1.45. The second kappa shape index (κ2) is 4.57. The summed E-state index contributed by atoms with van der Waals surface area (Å²) < 4.78 is 1.31. The van der Waals surface area contributed by atoms with Crippen molar-refractivity contribution >= 4 is 43.9 Å². The molecule has 0 aliphatic heterocycles. The maximum atomic E-state index is 3.66. The number of rotatable bonds is 2. The molecule has 0 nitrogen and oxygen atoms in total. The zero-order chi connectivity index (χ0) is 10.0. The zero-order valence-electron chi connectivity index (χ0n) is 8.61. The van der Waals surface area contributed by atoms with E-state index >= 15 is 0 Å². The van der Waals surface area contributed by atoms with E-state index in [1.165, 1.54) is 4.47 Å². The molecule has 0 aromatic heterocycles. The van der Waals surface area contributed by atoms with Crippen molar-refractivity contribution in [3.8, 4) is 0 Å². The first-order valence-corrected chi connectivity index (χ1v) is 10.2.